The fourth-order valence-corrected chi connectivity index (χ4v) is 10.3. The number of aliphatic hydroxyl groups is 1. The Morgan fingerprint density at radius 1 is 0.855 bits per heavy atom. The Bertz CT molecular complexity index is 3440. The minimum absolute atomic E-state index is 0.0181. The summed E-state index contributed by atoms with van der Waals surface area (Å²) in [4.78, 5) is 159. The summed E-state index contributed by atoms with van der Waals surface area (Å²) in [6.45, 7) is 1.12. The van der Waals surface area contributed by atoms with E-state index in [-0.39, 0.29) is 42.6 Å². The number of carboxylic acid groups (broad SMARTS) is 2. The minimum atomic E-state index is -2.08. The van der Waals surface area contributed by atoms with Crippen molar-refractivity contribution in [1.82, 2.24) is 51.7 Å². The van der Waals surface area contributed by atoms with E-state index in [0.717, 1.165) is 12.2 Å². The molecule has 0 saturated carbocycles. The highest BCUT2D eigenvalue weighted by atomic mass is 19.1. The van der Waals surface area contributed by atoms with Gasteiger partial charge in [-0.1, -0.05) is 37.3 Å². The number of nitrogens with zero attached hydrogens (tertiary/aromatic N) is 3. The van der Waals surface area contributed by atoms with E-state index in [1.807, 2.05) is 0 Å². The number of carbonyl (C=O) groups is 11. The van der Waals surface area contributed by atoms with Crippen LogP contribution in [-0.2, 0) is 93.8 Å². The van der Waals surface area contributed by atoms with Crippen molar-refractivity contribution in [3.8, 4) is 11.4 Å². The van der Waals surface area contributed by atoms with Gasteiger partial charge in [-0.2, -0.15) is 0 Å². The Morgan fingerprint density at radius 2 is 1.53 bits per heavy atom. The van der Waals surface area contributed by atoms with Gasteiger partial charge in [0.15, 0.2) is 5.60 Å². The predicted octanol–water partition coefficient (Wildman–Crippen LogP) is -1.61. The third-order valence-electron chi connectivity index (χ3n) is 14.9. The summed E-state index contributed by atoms with van der Waals surface area (Å²) in [5, 5.41) is 47.9. The lowest BCUT2D eigenvalue weighted by Crippen LogP contribution is -2.57. The molecule has 2 aromatic carbocycles. The maximum atomic E-state index is 15.4. The van der Waals surface area contributed by atoms with Gasteiger partial charge in [-0.3, -0.25) is 57.6 Å². The van der Waals surface area contributed by atoms with E-state index in [0.29, 0.717) is 62.3 Å². The summed E-state index contributed by atoms with van der Waals surface area (Å²) in [5.74, 6) is -11.0. The molecule has 2 aromatic heterocycles. The summed E-state index contributed by atoms with van der Waals surface area (Å²) < 4.78 is 27.8. The molecule has 0 radical (unpaired) electrons. The van der Waals surface area contributed by atoms with Crippen molar-refractivity contribution in [2.45, 2.75) is 108 Å². The van der Waals surface area contributed by atoms with Crippen LogP contribution in [0.2, 0.25) is 0 Å². The second kappa shape index (κ2) is 25.2. The number of carbonyl (C=O) groups excluding carboxylic acids is 9. The van der Waals surface area contributed by atoms with Gasteiger partial charge in [0.2, 0.25) is 35.4 Å². The lowest BCUT2D eigenvalue weighted by molar-refractivity contribution is -0.172. The van der Waals surface area contributed by atoms with Gasteiger partial charge in [0.1, 0.15) is 43.4 Å². The van der Waals surface area contributed by atoms with Crippen molar-refractivity contribution in [3.63, 3.8) is 0 Å². The van der Waals surface area contributed by atoms with E-state index in [1.165, 1.54) is 17.6 Å². The third kappa shape index (κ3) is 12.9. The molecule has 2 unspecified atom stereocenters. The fraction of sp³-hybridized carbons (Fsp3) is 0.400. The monoisotopic (exact) mass is 1150 g/mol. The number of nitrogens with one attached hydrogen (secondary N) is 7. The molecule has 10 N–H and O–H groups in total. The van der Waals surface area contributed by atoms with Crippen LogP contribution >= 0.6 is 0 Å². The first-order valence-corrected chi connectivity index (χ1v) is 26.4. The third-order valence-corrected chi connectivity index (χ3v) is 14.9. The Balaban J connectivity index is 0.841. The van der Waals surface area contributed by atoms with Crippen LogP contribution in [0.15, 0.2) is 59.4 Å². The number of aromatic nitrogens is 2. The number of amides is 8. The van der Waals surface area contributed by atoms with E-state index in [4.69, 9.17) is 19.6 Å². The van der Waals surface area contributed by atoms with Gasteiger partial charge in [-0.05, 0) is 67.9 Å². The molecule has 8 rings (SSSR count). The molecule has 1 aliphatic carbocycles. The smallest absolute Gasteiger partial charge is 0.343 e. The molecule has 6 atom stereocenters. The number of rotatable bonds is 25. The molecule has 0 bridgehead atoms. The highest BCUT2D eigenvalue weighted by molar-refractivity contribution is 6.15. The molecule has 5 heterocycles. The topological polar surface area (TPSA) is 389 Å². The summed E-state index contributed by atoms with van der Waals surface area (Å²) >= 11 is 0. The fourth-order valence-electron chi connectivity index (χ4n) is 10.3. The standard InChI is InChI=1S/C55H59FN10O17/c1-4-55(81)32-17-38-48-30(23-65(38)52(77)31(32)24-82-54(55)80)47-34(11-10-29-26(2)33(56)18-36(63-48)46(29)47)64-49(74)27(3)83-25-61-41(68)21-59-50(75)37(16-28-8-6-5-7-9-28)62-42(69)22-58-40(67)20-60-51(76)39(66-43(70)13-14-44(66)71)19-57-35(53(78)79)12-15-45(72)73/h5-9,13-14,17-18,27,34-35,37,39,57,81H,4,10-12,15-16,19-25H2,1-3H3,(H,58,67)(H,59,75)(H,60,76)(H,61,68)(H,62,69)(H,64,74)(H,72,73)(H,78,79)/t27-,34-,35?,37-,39?,55-/m0/s1. The van der Waals surface area contributed by atoms with E-state index in [2.05, 4.69) is 37.2 Å². The lowest BCUT2D eigenvalue weighted by atomic mass is 9.81. The van der Waals surface area contributed by atoms with Crippen molar-refractivity contribution in [2.24, 2.45) is 0 Å². The molecule has 0 saturated heterocycles. The van der Waals surface area contributed by atoms with Crippen molar-refractivity contribution in [1.29, 1.82) is 0 Å². The summed E-state index contributed by atoms with van der Waals surface area (Å²) in [5.41, 5.74) is 1.46. The molecule has 4 aromatic rings. The van der Waals surface area contributed by atoms with E-state index in [9.17, 15) is 67.7 Å². The number of fused-ring (bicyclic) bond motifs is 5. The van der Waals surface area contributed by atoms with E-state index >= 15 is 4.39 Å². The minimum Gasteiger partial charge on any atom is -0.481 e. The molecule has 28 heteroatoms. The van der Waals surface area contributed by atoms with Gasteiger partial charge in [0.05, 0.1) is 54.7 Å². The molecule has 438 valence electrons. The zero-order chi connectivity index (χ0) is 60.0. The number of esters is 1. The second-order valence-corrected chi connectivity index (χ2v) is 20.1. The van der Waals surface area contributed by atoms with Crippen LogP contribution in [0.1, 0.15) is 84.5 Å². The van der Waals surface area contributed by atoms with Crippen LogP contribution in [0, 0.1) is 12.7 Å². The number of benzene rings is 2. The summed E-state index contributed by atoms with van der Waals surface area (Å²) in [6.07, 6.45) is 0.189. The van der Waals surface area contributed by atoms with Gasteiger partial charge in [-0.15, -0.1) is 0 Å². The number of cyclic esters (lactones) is 1. The molecule has 8 amide bonds. The van der Waals surface area contributed by atoms with Crippen LogP contribution in [-0.4, -0.2) is 152 Å². The average molecular weight is 1150 g/mol. The maximum Gasteiger partial charge on any atom is 0.343 e. The predicted molar refractivity (Wildman–Crippen MR) is 284 cm³/mol. The van der Waals surface area contributed by atoms with E-state index in [1.54, 1.807) is 50.2 Å². The Kier molecular flexibility index (Phi) is 18.2. The number of carboxylic acids is 2. The Labute approximate surface area is 470 Å². The molecule has 0 spiro atoms. The lowest BCUT2D eigenvalue weighted by Gasteiger charge is -2.31. The molecule has 3 aliphatic heterocycles. The van der Waals surface area contributed by atoms with Crippen LogP contribution in [0.25, 0.3) is 22.3 Å². The van der Waals surface area contributed by atoms with Crippen molar-refractivity contribution >= 4 is 76.1 Å². The molecule has 4 aliphatic rings. The van der Waals surface area contributed by atoms with Gasteiger partial charge >= 0.3 is 17.9 Å². The highest BCUT2D eigenvalue weighted by Gasteiger charge is 2.46. The number of halogens is 1. The zero-order valence-corrected chi connectivity index (χ0v) is 45.1. The average Bonchev–Trinajstić information content (AvgIpc) is 3.80. The number of aryl methyl sites for hydroxylation is 1. The zero-order valence-electron chi connectivity index (χ0n) is 45.1. The molecular weight excluding hydrogens is 1090 g/mol. The molecule has 27 nitrogen and oxygen atoms in total. The van der Waals surface area contributed by atoms with Crippen molar-refractivity contribution < 1.29 is 81.9 Å². The maximum absolute atomic E-state index is 15.4. The van der Waals surface area contributed by atoms with Crippen molar-refractivity contribution in [2.75, 3.05) is 32.9 Å². The van der Waals surface area contributed by atoms with Gasteiger partial charge in [-0.25, -0.2) is 14.2 Å². The first-order chi connectivity index (χ1) is 39.5. The number of aliphatic carboxylic acids is 2. The molecule has 0 fully saturated rings. The van der Waals surface area contributed by atoms with Gasteiger partial charge < -0.3 is 66.6 Å². The highest BCUT2D eigenvalue weighted by Crippen LogP contribution is 2.46. The normalized spacial score (nSPS) is 17.9. The van der Waals surface area contributed by atoms with Gasteiger partial charge in [0.25, 0.3) is 17.4 Å². The Hall–Kier alpha value is -9.28. The number of hydrogen-bond acceptors (Lipinski definition) is 17. The van der Waals surface area contributed by atoms with Crippen LogP contribution in [0.5, 0.6) is 0 Å². The first kappa shape index (κ1) is 59.8. The SMILES string of the molecule is CC[C@@]1(O)C(=O)OCc2c1cc1n(c2=O)Cc2c-1nc1cc(F)c(C)c3c1c2[C@@H](NC(=O)[C@H](C)OCNC(=O)CNC(=O)[C@H](Cc1ccccc1)NC(=O)CNC(=O)CNC(=O)C(CNC(CCC(=O)O)C(=O)O)N1C(=O)C=CC1=O)CC3. The van der Waals surface area contributed by atoms with Gasteiger partial charge in [0, 0.05) is 54.1 Å². The van der Waals surface area contributed by atoms with Crippen LogP contribution < -0.4 is 42.8 Å². The number of hydrogen-bond donors (Lipinski definition) is 10. The van der Waals surface area contributed by atoms with E-state index < -0.39 is 158 Å². The largest absolute Gasteiger partial charge is 0.481 e. The molecule has 83 heavy (non-hydrogen) atoms. The van der Waals surface area contributed by atoms with Crippen LogP contribution in [0.3, 0.4) is 0 Å². The number of ether oxygens (including phenoxy) is 2. The van der Waals surface area contributed by atoms with Crippen molar-refractivity contribution in [3.05, 3.63) is 110 Å². The molecular formula is C55H59FN10O17. The van der Waals surface area contributed by atoms with Crippen LogP contribution in [0.4, 0.5) is 4.39 Å². The number of pyridine rings is 2. The second-order valence-electron chi connectivity index (χ2n) is 20.1. The quantitative estimate of drug-likeness (QED) is 0.0178. The number of imide groups is 1. The first-order valence-electron chi connectivity index (χ1n) is 26.4. The summed E-state index contributed by atoms with van der Waals surface area (Å²) in [6, 6.07) is 6.16. The summed E-state index contributed by atoms with van der Waals surface area (Å²) in [7, 11) is 0. The Morgan fingerprint density at radius 3 is 2.20 bits per heavy atom.